The molecule has 0 aliphatic heterocycles. The molecule has 124 valence electrons. The van der Waals surface area contributed by atoms with Crippen molar-refractivity contribution in [1.82, 2.24) is 0 Å². The van der Waals surface area contributed by atoms with Crippen LogP contribution in [0.5, 0.6) is 11.5 Å². The number of hydrogen-bond acceptors (Lipinski definition) is 4. The molecule has 0 heterocycles. The number of hydrogen-bond donors (Lipinski definition) is 1. The quantitative estimate of drug-likeness (QED) is 0.806. The van der Waals surface area contributed by atoms with Crippen LogP contribution in [0.4, 0.5) is 0 Å². The van der Waals surface area contributed by atoms with E-state index in [4.69, 9.17) is 19.3 Å². The molecule has 0 unspecified atom stereocenters. The van der Waals surface area contributed by atoms with Crippen molar-refractivity contribution in [3.05, 3.63) is 59.7 Å². The minimum atomic E-state index is -0.233. The minimum Gasteiger partial charge on any atom is -0.492 e. The first-order valence-electron chi connectivity index (χ1n) is 7.75. The first-order chi connectivity index (χ1) is 11.2. The zero-order valence-corrected chi connectivity index (χ0v) is 13.9. The van der Waals surface area contributed by atoms with E-state index in [0.29, 0.717) is 18.1 Å². The van der Waals surface area contributed by atoms with Gasteiger partial charge in [0.05, 0.1) is 25.9 Å². The van der Waals surface area contributed by atoms with E-state index in [0.717, 1.165) is 11.1 Å². The highest BCUT2D eigenvalue weighted by molar-refractivity contribution is 5.47. The van der Waals surface area contributed by atoms with E-state index in [1.165, 1.54) is 0 Å². The number of methoxy groups -OCH3 is 1. The number of ether oxygens (including phenoxy) is 3. The molecule has 2 aromatic rings. The molecule has 2 atom stereocenters. The van der Waals surface area contributed by atoms with Gasteiger partial charge in [0, 0.05) is 5.56 Å². The molecule has 0 radical (unpaired) electrons. The summed E-state index contributed by atoms with van der Waals surface area (Å²) in [5, 5.41) is 9.14. The second kappa shape index (κ2) is 8.56. The van der Waals surface area contributed by atoms with Crippen LogP contribution in [0.1, 0.15) is 31.1 Å². The summed E-state index contributed by atoms with van der Waals surface area (Å²) in [5.41, 5.74) is 2.00. The highest BCUT2D eigenvalue weighted by atomic mass is 16.5. The third-order valence-electron chi connectivity index (χ3n) is 3.58. The van der Waals surface area contributed by atoms with Gasteiger partial charge in [-0.1, -0.05) is 42.5 Å². The van der Waals surface area contributed by atoms with Crippen molar-refractivity contribution < 1.29 is 19.3 Å². The van der Waals surface area contributed by atoms with E-state index in [1.54, 1.807) is 7.11 Å². The molecule has 2 aromatic carbocycles. The number of rotatable bonds is 8. The average Bonchev–Trinajstić information content (AvgIpc) is 2.60. The van der Waals surface area contributed by atoms with Gasteiger partial charge >= 0.3 is 0 Å². The predicted molar refractivity (Wildman–Crippen MR) is 89.8 cm³/mol. The lowest BCUT2D eigenvalue weighted by atomic mass is 10.1. The number of aliphatic hydroxyl groups excluding tert-OH is 1. The summed E-state index contributed by atoms with van der Waals surface area (Å²) in [5.74, 6) is 1.35. The Labute approximate surface area is 137 Å². The van der Waals surface area contributed by atoms with Crippen molar-refractivity contribution >= 4 is 0 Å². The molecule has 4 heteroatoms. The lowest BCUT2D eigenvalue weighted by molar-refractivity contribution is -0.0229. The molecule has 0 saturated heterocycles. The van der Waals surface area contributed by atoms with Crippen molar-refractivity contribution in [2.75, 3.05) is 13.7 Å². The van der Waals surface area contributed by atoms with Gasteiger partial charge in [-0.05, 0) is 25.5 Å². The summed E-state index contributed by atoms with van der Waals surface area (Å²) in [6, 6.07) is 15.7. The maximum atomic E-state index is 9.14. The van der Waals surface area contributed by atoms with Gasteiger partial charge in [-0.2, -0.15) is 0 Å². The van der Waals surface area contributed by atoms with E-state index in [9.17, 15) is 0 Å². The Bertz CT molecular complexity index is 598. The highest BCUT2D eigenvalue weighted by Gasteiger charge is 2.18. The van der Waals surface area contributed by atoms with Crippen molar-refractivity contribution in [2.45, 2.75) is 32.7 Å². The van der Waals surface area contributed by atoms with Crippen LogP contribution in [0.2, 0.25) is 0 Å². The van der Waals surface area contributed by atoms with E-state index in [-0.39, 0.29) is 18.8 Å². The fourth-order valence-corrected chi connectivity index (χ4v) is 2.39. The number of para-hydroxylation sites is 1. The zero-order chi connectivity index (χ0) is 16.7. The molecular weight excluding hydrogens is 292 g/mol. The Hall–Kier alpha value is -2.04. The summed E-state index contributed by atoms with van der Waals surface area (Å²) in [7, 11) is 1.62. The van der Waals surface area contributed by atoms with E-state index < -0.39 is 0 Å². The van der Waals surface area contributed by atoms with Crippen LogP contribution in [0.25, 0.3) is 0 Å². The maximum absolute atomic E-state index is 9.14. The molecule has 0 spiro atoms. The fraction of sp³-hybridized carbons (Fsp3) is 0.368. The minimum absolute atomic E-state index is 0.0170. The molecule has 23 heavy (non-hydrogen) atoms. The van der Waals surface area contributed by atoms with E-state index in [2.05, 4.69) is 0 Å². The van der Waals surface area contributed by atoms with Crippen molar-refractivity contribution in [2.24, 2.45) is 0 Å². The normalized spacial score (nSPS) is 13.4. The van der Waals surface area contributed by atoms with E-state index >= 15 is 0 Å². The molecule has 0 bridgehead atoms. The summed E-state index contributed by atoms with van der Waals surface area (Å²) in [6.45, 7) is 4.23. The molecule has 0 aliphatic carbocycles. The van der Waals surface area contributed by atoms with Crippen LogP contribution < -0.4 is 9.47 Å². The van der Waals surface area contributed by atoms with Gasteiger partial charge < -0.3 is 19.3 Å². The first kappa shape index (κ1) is 17.3. The van der Waals surface area contributed by atoms with Crippen LogP contribution in [0.3, 0.4) is 0 Å². The second-order valence-corrected chi connectivity index (χ2v) is 5.42. The van der Waals surface area contributed by atoms with Gasteiger partial charge in [-0.25, -0.2) is 0 Å². The van der Waals surface area contributed by atoms with Gasteiger partial charge in [0.25, 0.3) is 0 Å². The van der Waals surface area contributed by atoms with Crippen molar-refractivity contribution in [3.8, 4) is 11.5 Å². The third-order valence-corrected chi connectivity index (χ3v) is 3.58. The molecule has 0 aromatic heterocycles. The number of benzene rings is 2. The van der Waals surface area contributed by atoms with E-state index in [1.807, 2.05) is 62.4 Å². The zero-order valence-electron chi connectivity index (χ0n) is 13.9. The van der Waals surface area contributed by atoms with Crippen LogP contribution in [0, 0.1) is 0 Å². The molecule has 0 fully saturated rings. The summed E-state index contributed by atoms with van der Waals surface area (Å²) < 4.78 is 17.2. The average molecular weight is 316 g/mol. The SMILES string of the molecule is COc1c(OCc2ccccc2)cccc1[C@@H](C)O[C@H](C)CO. The molecule has 4 nitrogen and oxygen atoms in total. The fourth-order valence-electron chi connectivity index (χ4n) is 2.39. The molecular formula is C19H24O4. The number of aliphatic hydroxyl groups is 1. The molecule has 1 N–H and O–H groups in total. The highest BCUT2D eigenvalue weighted by Crippen LogP contribution is 2.36. The molecule has 0 amide bonds. The largest absolute Gasteiger partial charge is 0.492 e. The Balaban J connectivity index is 2.15. The lowest BCUT2D eigenvalue weighted by Gasteiger charge is -2.21. The third kappa shape index (κ3) is 4.71. The Kier molecular flexibility index (Phi) is 6.44. The lowest BCUT2D eigenvalue weighted by Crippen LogP contribution is -2.16. The first-order valence-corrected chi connectivity index (χ1v) is 7.75. The van der Waals surface area contributed by atoms with Crippen LogP contribution in [-0.2, 0) is 11.3 Å². The molecule has 0 aliphatic rings. The van der Waals surface area contributed by atoms with Gasteiger partial charge in [-0.15, -0.1) is 0 Å². The maximum Gasteiger partial charge on any atom is 0.166 e. The Morgan fingerprint density at radius 3 is 2.39 bits per heavy atom. The van der Waals surface area contributed by atoms with Gasteiger partial charge in [0.1, 0.15) is 6.61 Å². The van der Waals surface area contributed by atoms with Crippen LogP contribution in [0.15, 0.2) is 48.5 Å². The van der Waals surface area contributed by atoms with Crippen molar-refractivity contribution in [3.63, 3.8) is 0 Å². The Morgan fingerprint density at radius 1 is 1.00 bits per heavy atom. The monoisotopic (exact) mass is 316 g/mol. The topological polar surface area (TPSA) is 47.9 Å². The van der Waals surface area contributed by atoms with Gasteiger partial charge in [-0.3, -0.25) is 0 Å². The summed E-state index contributed by atoms with van der Waals surface area (Å²) >= 11 is 0. The smallest absolute Gasteiger partial charge is 0.166 e. The Morgan fingerprint density at radius 2 is 1.74 bits per heavy atom. The predicted octanol–water partition coefficient (Wildman–Crippen LogP) is 3.73. The summed E-state index contributed by atoms with van der Waals surface area (Å²) in [6.07, 6.45) is -0.434. The van der Waals surface area contributed by atoms with Crippen LogP contribution in [-0.4, -0.2) is 24.9 Å². The molecule has 2 rings (SSSR count). The van der Waals surface area contributed by atoms with Gasteiger partial charge in [0.15, 0.2) is 11.5 Å². The van der Waals surface area contributed by atoms with Gasteiger partial charge in [0.2, 0.25) is 0 Å². The summed E-state index contributed by atoms with van der Waals surface area (Å²) in [4.78, 5) is 0. The second-order valence-electron chi connectivity index (χ2n) is 5.42. The molecule has 0 saturated carbocycles. The van der Waals surface area contributed by atoms with Crippen LogP contribution >= 0.6 is 0 Å². The van der Waals surface area contributed by atoms with Crippen molar-refractivity contribution in [1.29, 1.82) is 0 Å². The standard InChI is InChI=1S/C19H24O4/c1-14(12-20)23-15(2)17-10-7-11-18(19(17)21-3)22-13-16-8-5-4-6-9-16/h4-11,14-15,20H,12-13H2,1-3H3/t14-,15-/m1/s1.